The second kappa shape index (κ2) is 6.71. The van der Waals surface area contributed by atoms with Crippen molar-refractivity contribution in [1.29, 1.82) is 0 Å². The first kappa shape index (κ1) is 18.4. The fourth-order valence-corrected chi connectivity index (χ4v) is 4.09. The van der Waals surface area contributed by atoms with E-state index in [-0.39, 0.29) is 11.4 Å². The fourth-order valence-electron chi connectivity index (χ4n) is 2.74. The number of carbonyl (C=O) groups excluding carboxylic acids is 1. The Kier molecular flexibility index (Phi) is 4.74. The number of fused-ring (bicyclic) bond motifs is 1. The van der Waals surface area contributed by atoms with Gasteiger partial charge in [0.2, 0.25) is 0 Å². The summed E-state index contributed by atoms with van der Waals surface area (Å²) in [5.74, 6) is -4.25. The normalized spacial score (nSPS) is 18.2. The first-order valence-electron chi connectivity index (χ1n) is 7.79. The van der Waals surface area contributed by atoms with E-state index in [1.807, 2.05) is 0 Å². The monoisotopic (exact) mass is 384 g/mol. The molecule has 1 amide bonds. The van der Waals surface area contributed by atoms with Gasteiger partial charge in [0, 0.05) is 24.2 Å². The van der Waals surface area contributed by atoms with Crippen molar-refractivity contribution in [2.45, 2.75) is 30.9 Å². The van der Waals surface area contributed by atoms with Crippen molar-refractivity contribution in [3.63, 3.8) is 0 Å². The molecule has 0 fully saturated rings. The van der Waals surface area contributed by atoms with Crippen molar-refractivity contribution in [2.75, 3.05) is 0 Å². The molecule has 0 saturated carbocycles. The number of aromatic nitrogens is 1. The molecule has 1 N–H and O–H groups in total. The zero-order valence-electron chi connectivity index (χ0n) is 13.7. The molecular weight excluding hydrogens is 369 g/mol. The second-order valence-electron chi connectivity index (χ2n) is 6.15. The summed E-state index contributed by atoms with van der Waals surface area (Å²) in [6.45, 7) is 1.12. The fraction of sp³-hybridized carbons (Fsp3) is 0.294. The van der Waals surface area contributed by atoms with Crippen molar-refractivity contribution >= 4 is 15.7 Å². The molecule has 1 unspecified atom stereocenters. The van der Waals surface area contributed by atoms with Crippen molar-refractivity contribution in [1.82, 2.24) is 10.3 Å². The van der Waals surface area contributed by atoms with Gasteiger partial charge >= 0.3 is 0 Å². The number of nitrogens with zero attached hydrogens (tertiary/aromatic N) is 1. The molecule has 9 heteroatoms. The number of benzene rings is 1. The lowest BCUT2D eigenvalue weighted by molar-refractivity contribution is 0.0945. The Hall–Kier alpha value is -2.42. The standard InChI is InChI=1S/C17H15F3N2O3S/c1-9-4-10-2-3-15(22-16(10)8-26(9,24)25)17(23)21-7-12-13(19)5-11(18)6-14(12)20/h2-3,5-6,9H,4,7-8H2,1H3,(H,21,23). The van der Waals surface area contributed by atoms with E-state index in [9.17, 15) is 26.4 Å². The third-order valence-corrected chi connectivity index (χ3v) is 6.36. The van der Waals surface area contributed by atoms with Gasteiger partial charge in [-0.3, -0.25) is 4.79 Å². The SMILES string of the molecule is CC1Cc2ccc(C(=O)NCc3c(F)cc(F)cc3F)nc2CS1(=O)=O. The third-order valence-electron chi connectivity index (χ3n) is 4.29. The lowest BCUT2D eigenvalue weighted by Crippen LogP contribution is -2.30. The van der Waals surface area contributed by atoms with E-state index in [4.69, 9.17) is 0 Å². The van der Waals surface area contributed by atoms with Crippen LogP contribution in [0.15, 0.2) is 24.3 Å². The predicted octanol–water partition coefficient (Wildman–Crippen LogP) is 2.29. The van der Waals surface area contributed by atoms with Crippen LogP contribution in [0, 0.1) is 17.5 Å². The molecule has 0 aliphatic carbocycles. The maximum atomic E-state index is 13.6. The largest absolute Gasteiger partial charge is 0.346 e. The summed E-state index contributed by atoms with van der Waals surface area (Å²) >= 11 is 0. The highest BCUT2D eigenvalue weighted by atomic mass is 32.2. The summed E-state index contributed by atoms with van der Waals surface area (Å²) in [5.41, 5.74) is 0.514. The number of rotatable bonds is 3. The minimum Gasteiger partial charge on any atom is -0.346 e. The molecule has 26 heavy (non-hydrogen) atoms. The van der Waals surface area contributed by atoms with Gasteiger partial charge in [0.1, 0.15) is 23.1 Å². The van der Waals surface area contributed by atoms with Crippen LogP contribution in [-0.4, -0.2) is 24.6 Å². The third kappa shape index (κ3) is 3.57. The van der Waals surface area contributed by atoms with Gasteiger partial charge in [0.05, 0.1) is 16.7 Å². The molecule has 2 heterocycles. The number of nitrogens with one attached hydrogen (secondary N) is 1. The van der Waals surface area contributed by atoms with E-state index in [0.29, 0.717) is 24.2 Å². The molecule has 138 valence electrons. The van der Waals surface area contributed by atoms with Gasteiger partial charge in [-0.15, -0.1) is 0 Å². The Morgan fingerprint density at radius 2 is 1.88 bits per heavy atom. The number of pyridine rings is 1. The van der Waals surface area contributed by atoms with Gasteiger partial charge < -0.3 is 5.32 Å². The van der Waals surface area contributed by atoms with E-state index in [2.05, 4.69) is 10.3 Å². The van der Waals surface area contributed by atoms with E-state index in [1.54, 1.807) is 13.0 Å². The van der Waals surface area contributed by atoms with Gasteiger partial charge in [-0.25, -0.2) is 26.6 Å². The van der Waals surface area contributed by atoms with E-state index >= 15 is 0 Å². The van der Waals surface area contributed by atoms with Crippen LogP contribution in [-0.2, 0) is 28.6 Å². The van der Waals surface area contributed by atoms with E-state index in [1.165, 1.54) is 6.07 Å². The average Bonchev–Trinajstić information content (AvgIpc) is 2.54. The van der Waals surface area contributed by atoms with Gasteiger partial charge in [0.25, 0.3) is 5.91 Å². The number of halogens is 3. The van der Waals surface area contributed by atoms with Crippen LogP contribution < -0.4 is 5.32 Å². The van der Waals surface area contributed by atoms with E-state index < -0.39 is 50.6 Å². The van der Waals surface area contributed by atoms with Gasteiger partial charge in [-0.05, 0) is 25.0 Å². The molecule has 1 aliphatic heterocycles. The summed E-state index contributed by atoms with van der Waals surface area (Å²) in [6.07, 6.45) is 0.318. The van der Waals surface area contributed by atoms with Crippen molar-refractivity contribution in [3.05, 3.63) is 64.2 Å². The Morgan fingerprint density at radius 1 is 1.23 bits per heavy atom. The molecule has 5 nitrogen and oxygen atoms in total. The Morgan fingerprint density at radius 3 is 2.54 bits per heavy atom. The minimum atomic E-state index is -3.32. The number of sulfone groups is 1. The predicted molar refractivity (Wildman–Crippen MR) is 87.5 cm³/mol. The quantitative estimate of drug-likeness (QED) is 0.881. The Balaban J connectivity index is 1.78. The highest BCUT2D eigenvalue weighted by Gasteiger charge is 2.30. The number of amides is 1. The molecule has 1 aromatic carbocycles. The molecule has 0 bridgehead atoms. The Labute approximate surface area is 148 Å². The van der Waals surface area contributed by atoms with Crippen LogP contribution in [0.25, 0.3) is 0 Å². The number of hydrogen-bond donors (Lipinski definition) is 1. The first-order valence-corrected chi connectivity index (χ1v) is 9.51. The van der Waals surface area contributed by atoms with Crippen molar-refractivity contribution in [3.8, 4) is 0 Å². The molecule has 1 atom stereocenters. The summed E-state index contributed by atoms with van der Waals surface area (Å²) in [6, 6.07) is 4.10. The molecule has 1 aromatic heterocycles. The highest BCUT2D eigenvalue weighted by molar-refractivity contribution is 7.91. The molecule has 0 saturated heterocycles. The van der Waals surface area contributed by atoms with Gasteiger partial charge in [-0.1, -0.05) is 6.07 Å². The average molecular weight is 384 g/mol. The molecular formula is C17H15F3N2O3S. The molecule has 0 spiro atoms. The van der Waals surface area contributed by atoms with E-state index in [0.717, 1.165) is 5.56 Å². The summed E-state index contributed by atoms with van der Waals surface area (Å²) in [5, 5.41) is 1.79. The Bertz CT molecular complexity index is 970. The highest BCUT2D eigenvalue weighted by Crippen LogP contribution is 2.24. The van der Waals surface area contributed by atoms with Crippen LogP contribution >= 0.6 is 0 Å². The van der Waals surface area contributed by atoms with Gasteiger partial charge in [0.15, 0.2) is 9.84 Å². The van der Waals surface area contributed by atoms with Crippen molar-refractivity contribution in [2.24, 2.45) is 0 Å². The lowest BCUT2D eigenvalue weighted by atomic mass is 10.1. The molecule has 0 radical (unpaired) electrons. The summed E-state index contributed by atoms with van der Waals surface area (Å²) in [7, 11) is -3.32. The van der Waals surface area contributed by atoms with Crippen LogP contribution in [0.4, 0.5) is 13.2 Å². The summed E-state index contributed by atoms with van der Waals surface area (Å²) in [4.78, 5) is 16.3. The zero-order valence-corrected chi connectivity index (χ0v) is 14.5. The smallest absolute Gasteiger partial charge is 0.270 e. The topological polar surface area (TPSA) is 76.1 Å². The second-order valence-corrected chi connectivity index (χ2v) is 8.57. The minimum absolute atomic E-state index is 0.0589. The number of hydrogen-bond acceptors (Lipinski definition) is 4. The van der Waals surface area contributed by atoms with Crippen LogP contribution in [0.2, 0.25) is 0 Å². The van der Waals surface area contributed by atoms with Gasteiger partial charge in [-0.2, -0.15) is 0 Å². The number of carbonyl (C=O) groups is 1. The maximum absolute atomic E-state index is 13.6. The maximum Gasteiger partial charge on any atom is 0.270 e. The van der Waals surface area contributed by atoms with Crippen LogP contribution in [0.5, 0.6) is 0 Å². The molecule has 3 rings (SSSR count). The lowest BCUT2D eigenvalue weighted by Gasteiger charge is -2.21. The summed E-state index contributed by atoms with van der Waals surface area (Å²) < 4.78 is 64.1. The molecule has 1 aliphatic rings. The van der Waals surface area contributed by atoms with Crippen LogP contribution in [0.3, 0.4) is 0 Å². The van der Waals surface area contributed by atoms with Crippen LogP contribution in [0.1, 0.15) is 34.2 Å². The van der Waals surface area contributed by atoms with Crippen molar-refractivity contribution < 1.29 is 26.4 Å². The first-order chi connectivity index (χ1) is 12.2. The zero-order chi connectivity index (χ0) is 19.1. The molecule has 2 aromatic rings.